The molecule has 0 aliphatic heterocycles. The van der Waals surface area contributed by atoms with Gasteiger partial charge in [0.05, 0.1) is 16.7 Å². The van der Waals surface area contributed by atoms with Crippen molar-refractivity contribution in [3.8, 4) is 39.1 Å². The van der Waals surface area contributed by atoms with Crippen LogP contribution in [0.15, 0.2) is 182 Å². The zero-order valence-electron chi connectivity index (χ0n) is 32.2. The van der Waals surface area contributed by atoms with Crippen LogP contribution in [0.1, 0.15) is 49.9 Å². The first kappa shape index (κ1) is 32.8. The van der Waals surface area contributed by atoms with E-state index < -0.39 is 0 Å². The average Bonchev–Trinajstić information content (AvgIpc) is 3.79. The Kier molecular flexibility index (Phi) is 6.98. The highest BCUT2D eigenvalue weighted by Crippen LogP contribution is 2.56. The molecule has 1 heterocycles. The maximum absolute atomic E-state index is 2.51. The number of aromatic nitrogens is 1. The van der Waals surface area contributed by atoms with Gasteiger partial charge in [0.1, 0.15) is 0 Å². The molecule has 0 atom stereocenters. The number of hydrogen-bond donors (Lipinski definition) is 0. The molecule has 0 bridgehead atoms. The van der Waals surface area contributed by atoms with E-state index in [1.165, 1.54) is 94.5 Å². The molecular formula is C54H42N2. The Hall–Kier alpha value is -6.64. The first-order valence-corrected chi connectivity index (χ1v) is 19.8. The summed E-state index contributed by atoms with van der Waals surface area (Å²) in [5.41, 5.74) is 20.1. The van der Waals surface area contributed by atoms with Crippen molar-refractivity contribution in [2.45, 2.75) is 38.5 Å². The van der Waals surface area contributed by atoms with Crippen LogP contribution in [0.4, 0.5) is 17.1 Å². The second kappa shape index (κ2) is 11.9. The number of fused-ring (bicyclic) bond motifs is 9. The number of benzene rings is 8. The van der Waals surface area contributed by atoms with Crippen molar-refractivity contribution in [3.63, 3.8) is 0 Å². The lowest BCUT2D eigenvalue weighted by atomic mass is 9.81. The van der Waals surface area contributed by atoms with E-state index in [-0.39, 0.29) is 10.8 Å². The fourth-order valence-corrected chi connectivity index (χ4v) is 10.2. The van der Waals surface area contributed by atoms with Gasteiger partial charge in [-0.15, -0.1) is 0 Å². The van der Waals surface area contributed by atoms with Gasteiger partial charge >= 0.3 is 0 Å². The second-order valence-electron chi connectivity index (χ2n) is 16.5. The fraction of sp³-hybridized carbons (Fsp3) is 0.111. The van der Waals surface area contributed by atoms with Gasteiger partial charge in [-0.2, -0.15) is 0 Å². The van der Waals surface area contributed by atoms with E-state index in [1.807, 2.05) is 0 Å². The van der Waals surface area contributed by atoms with Crippen LogP contribution in [-0.4, -0.2) is 4.57 Å². The summed E-state index contributed by atoms with van der Waals surface area (Å²) in [7, 11) is 0. The summed E-state index contributed by atoms with van der Waals surface area (Å²) < 4.78 is 2.40. The SMILES string of the molecule is CC1(C)c2ccccc2-c2ccc(N(c3ccc(-c4cccc5c4c4ccccc4n5-c4ccccc4)cc3)c3cccc4c3C(C)(C)c3ccccc3-4)cc21. The van der Waals surface area contributed by atoms with Crippen molar-refractivity contribution < 1.29 is 0 Å². The van der Waals surface area contributed by atoms with Crippen LogP contribution in [0, 0.1) is 0 Å². The third-order valence-electron chi connectivity index (χ3n) is 12.8. The quantitative estimate of drug-likeness (QED) is 0.172. The largest absolute Gasteiger partial charge is 0.310 e. The lowest BCUT2D eigenvalue weighted by molar-refractivity contribution is 0.658. The molecule has 0 unspecified atom stereocenters. The molecule has 9 aromatic rings. The molecular weight excluding hydrogens is 677 g/mol. The second-order valence-corrected chi connectivity index (χ2v) is 16.5. The maximum Gasteiger partial charge on any atom is 0.0547 e. The number of para-hydroxylation sites is 2. The molecule has 1 aromatic heterocycles. The topological polar surface area (TPSA) is 8.17 Å². The van der Waals surface area contributed by atoms with Crippen LogP contribution in [0.5, 0.6) is 0 Å². The van der Waals surface area contributed by atoms with Gasteiger partial charge in [-0.05, 0) is 110 Å². The first-order chi connectivity index (χ1) is 27.3. The number of rotatable bonds is 5. The molecule has 2 aliphatic carbocycles. The van der Waals surface area contributed by atoms with Gasteiger partial charge in [0, 0.05) is 38.7 Å². The standard InChI is InChI=1S/C54H42N2/c1-53(2)45-23-11-8-18-40(45)42-33-32-38(34-47(42)53)55(50-27-15-22-43-41-19-9-12-24-46(41)54(3,4)52(43)50)37-30-28-35(29-31-37)39-21-14-26-49-51(39)44-20-10-13-25-48(44)56(49)36-16-6-5-7-17-36/h5-34H,1-4H3. The van der Waals surface area contributed by atoms with Crippen molar-refractivity contribution in [1.82, 2.24) is 4.57 Å². The monoisotopic (exact) mass is 718 g/mol. The lowest BCUT2D eigenvalue weighted by Crippen LogP contribution is -2.21. The summed E-state index contributed by atoms with van der Waals surface area (Å²) in [4.78, 5) is 2.51. The van der Waals surface area contributed by atoms with E-state index in [0.717, 1.165) is 5.69 Å². The molecule has 2 aliphatic rings. The minimum atomic E-state index is -0.171. The Morgan fingerprint density at radius 1 is 0.411 bits per heavy atom. The summed E-state index contributed by atoms with van der Waals surface area (Å²) in [5, 5.41) is 2.54. The van der Waals surface area contributed by atoms with Crippen LogP contribution in [0.2, 0.25) is 0 Å². The van der Waals surface area contributed by atoms with Crippen molar-refractivity contribution in [3.05, 3.63) is 204 Å². The normalized spacial score (nSPS) is 14.4. The Bertz CT molecular complexity index is 3020. The first-order valence-electron chi connectivity index (χ1n) is 19.8. The molecule has 268 valence electrons. The van der Waals surface area contributed by atoms with Crippen molar-refractivity contribution in [1.29, 1.82) is 0 Å². The third-order valence-corrected chi connectivity index (χ3v) is 12.8. The maximum atomic E-state index is 2.51. The Labute approximate surface area is 328 Å². The van der Waals surface area contributed by atoms with Gasteiger partial charge in [-0.1, -0.05) is 155 Å². The smallest absolute Gasteiger partial charge is 0.0547 e. The minimum absolute atomic E-state index is 0.108. The molecule has 2 heteroatoms. The van der Waals surface area contributed by atoms with E-state index >= 15 is 0 Å². The molecule has 0 N–H and O–H groups in total. The van der Waals surface area contributed by atoms with Crippen LogP contribution >= 0.6 is 0 Å². The highest BCUT2D eigenvalue weighted by Gasteiger charge is 2.40. The predicted molar refractivity (Wildman–Crippen MR) is 236 cm³/mol. The van der Waals surface area contributed by atoms with E-state index in [2.05, 4.69) is 219 Å². The summed E-state index contributed by atoms with van der Waals surface area (Å²) in [6.07, 6.45) is 0. The van der Waals surface area contributed by atoms with Gasteiger partial charge in [0.25, 0.3) is 0 Å². The third kappa shape index (κ3) is 4.56. The molecule has 2 nitrogen and oxygen atoms in total. The molecule has 0 spiro atoms. The van der Waals surface area contributed by atoms with Gasteiger partial charge in [-0.3, -0.25) is 0 Å². The van der Waals surface area contributed by atoms with Crippen molar-refractivity contribution >= 4 is 38.9 Å². The van der Waals surface area contributed by atoms with Crippen LogP contribution < -0.4 is 4.90 Å². The molecule has 0 amide bonds. The molecule has 0 saturated heterocycles. The lowest BCUT2D eigenvalue weighted by Gasteiger charge is -2.33. The van der Waals surface area contributed by atoms with Crippen LogP contribution in [0.25, 0.3) is 60.9 Å². The number of nitrogens with zero attached hydrogens (tertiary/aromatic N) is 2. The van der Waals surface area contributed by atoms with Crippen molar-refractivity contribution in [2.75, 3.05) is 4.90 Å². The van der Waals surface area contributed by atoms with E-state index in [1.54, 1.807) is 0 Å². The molecule has 0 radical (unpaired) electrons. The van der Waals surface area contributed by atoms with Gasteiger partial charge in [0.2, 0.25) is 0 Å². The molecule has 56 heavy (non-hydrogen) atoms. The highest BCUT2D eigenvalue weighted by molar-refractivity contribution is 6.15. The Morgan fingerprint density at radius 2 is 0.982 bits per heavy atom. The molecule has 0 saturated carbocycles. The minimum Gasteiger partial charge on any atom is -0.310 e. The van der Waals surface area contributed by atoms with Crippen molar-refractivity contribution in [2.24, 2.45) is 0 Å². The average molecular weight is 719 g/mol. The van der Waals surface area contributed by atoms with E-state index in [9.17, 15) is 0 Å². The molecule has 11 rings (SSSR count). The highest BCUT2D eigenvalue weighted by atomic mass is 15.1. The van der Waals surface area contributed by atoms with Gasteiger partial charge in [0.15, 0.2) is 0 Å². The zero-order valence-corrected chi connectivity index (χ0v) is 32.2. The summed E-state index contributed by atoms with van der Waals surface area (Å²) in [5.74, 6) is 0. The van der Waals surface area contributed by atoms with Crippen LogP contribution in [-0.2, 0) is 10.8 Å². The van der Waals surface area contributed by atoms with Gasteiger partial charge in [-0.25, -0.2) is 0 Å². The number of anilines is 3. The van der Waals surface area contributed by atoms with Crippen LogP contribution in [0.3, 0.4) is 0 Å². The predicted octanol–water partition coefficient (Wildman–Crippen LogP) is 14.5. The Morgan fingerprint density at radius 3 is 1.77 bits per heavy atom. The Balaban J connectivity index is 1.10. The molecule has 0 fully saturated rings. The zero-order chi connectivity index (χ0) is 37.8. The summed E-state index contributed by atoms with van der Waals surface area (Å²) >= 11 is 0. The van der Waals surface area contributed by atoms with Gasteiger partial charge < -0.3 is 9.47 Å². The molecule has 8 aromatic carbocycles. The van der Waals surface area contributed by atoms with E-state index in [4.69, 9.17) is 0 Å². The fourth-order valence-electron chi connectivity index (χ4n) is 10.2. The summed E-state index contributed by atoms with van der Waals surface area (Å²) in [6.45, 7) is 9.51. The summed E-state index contributed by atoms with van der Waals surface area (Å²) in [6, 6.07) is 67.4. The van der Waals surface area contributed by atoms with E-state index in [0.29, 0.717) is 0 Å². The number of hydrogen-bond acceptors (Lipinski definition) is 1.